The number of anilines is 1. The van der Waals surface area contributed by atoms with E-state index in [0.29, 0.717) is 57.9 Å². The van der Waals surface area contributed by atoms with E-state index in [1.807, 2.05) is 49.1 Å². The first-order valence-electron chi connectivity index (χ1n) is 13.0. The van der Waals surface area contributed by atoms with Gasteiger partial charge in [-0.3, -0.25) is 9.59 Å². The molecule has 1 aliphatic rings. The SMILES string of the molecule is CCCNC(=O)c1ccc(N2CCN(C(=O)CCc3ccccc3-c3cccc(OCC)c3)CC2)nn1. The van der Waals surface area contributed by atoms with Crippen LogP contribution in [0, 0.1) is 0 Å². The number of ether oxygens (including phenoxy) is 1. The molecule has 1 aliphatic heterocycles. The molecule has 0 atom stereocenters. The van der Waals surface area contributed by atoms with E-state index in [-0.39, 0.29) is 11.8 Å². The molecule has 2 heterocycles. The van der Waals surface area contributed by atoms with Crippen LogP contribution in [0.3, 0.4) is 0 Å². The van der Waals surface area contributed by atoms with E-state index in [9.17, 15) is 9.59 Å². The van der Waals surface area contributed by atoms with Gasteiger partial charge in [-0.15, -0.1) is 10.2 Å². The molecule has 0 radical (unpaired) electrons. The van der Waals surface area contributed by atoms with Crippen LogP contribution >= 0.6 is 0 Å². The molecule has 194 valence electrons. The summed E-state index contributed by atoms with van der Waals surface area (Å²) in [7, 11) is 0. The number of piperazine rings is 1. The molecule has 37 heavy (non-hydrogen) atoms. The fraction of sp³-hybridized carbons (Fsp3) is 0.379. The first kappa shape index (κ1) is 26.1. The molecule has 2 amide bonds. The van der Waals surface area contributed by atoms with Gasteiger partial charge in [-0.05, 0) is 60.7 Å². The summed E-state index contributed by atoms with van der Waals surface area (Å²) in [5, 5.41) is 11.1. The number of aryl methyl sites for hydroxylation is 1. The van der Waals surface area contributed by atoms with Gasteiger partial charge in [0.05, 0.1) is 6.61 Å². The molecular formula is C29H35N5O3. The second kappa shape index (κ2) is 12.9. The maximum absolute atomic E-state index is 13.0. The summed E-state index contributed by atoms with van der Waals surface area (Å²) in [6.45, 7) is 7.86. The number of carbonyl (C=O) groups is 2. The smallest absolute Gasteiger partial charge is 0.271 e. The third-order valence-corrected chi connectivity index (χ3v) is 6.46. The third-order valence-electron chi connectivity index (χ3n) is 6.46. The lowest BCUT2D eigenvalue weighted by atomic mass is 9.96. The Hall–Kier alpha value is -3.94. The minimum Gasteiger partial charge on any atom is -0.494 e. The Balaban J connectivity index is 1.31. The van der Waals surface area contributed by atoms with Gasteiger partial charge in [0.15, 0.2) is 11.5 Å². The van der Waals surface area contributed by atoms with E-state index in [4.69, 9.17) is 4.74 Å². The standard InChI is InChI=1S/C29H35N5O3/c1-3-16-30-29(36)26-13-14-27(32-31-26)33-17-19-34(20-18-33)28(35)15-12-22-8-5-6-11-25(22)23-9-7-10-24(21-23)37-4-2/h5-11,13-14,21H,3-4,12,15-20H2,1-2H3,(H,30,36). The van der Waals surface area contributed by atoms with E-state index in [1.54, 1.807) is 6.07 Å². The zero-order valence-corrected chi connectivity index (χ0v) is 21.7. The molecule has 8 heteroatoms. The van der Waals surface area contributed by atoms with Crippen LogP contribution in [0.15, 0.2) is 60.7 Å². The highest BCUT2D eigenvalue weighted by molar-refractivity contribution is 5.92. The summed E-state index contributed by atoms with van der Waals surface area (Å²) in [5.74, 6) is 1.52. The Kier molecular flexibility index (Phi) is 9.08. The highest BCUT2D eigenvalue weighted by atomic mass is 16.5. The molecule has 3 aromatic rings. The van der Waals surface area contributed by atoms with Gasteiger partial charge >= 0.3 is 0 Å². The lowest BCUT2D eigenvalue weighted by Gasteiger charge is -2.35. The first-order valence-corrected chi connectivity index (χ1v) is 13.0. The van der Waals surface area contributed by atoms with Crippen molar-refractivity contribution in [2.75, 3.05) is 44.2 Å². The predicted octanol–water partition coefficient (Wildman–Crippen LogP) is 3.96. The molecule has 0 unspecified atom stereocenters. The molecule has 0 spiro atoms. The molecule has 1 aromatic heterocycles. The minimum atomic E-state index is -0.208. The Morgan fingerprint density at radius 1 is 0.946 bits per heavy atom. The van der Waals surface area contributed by atoms with E-state index in [0.717, 1.165) is 34.7 Å². The van der Waals surface area contributed by atoms with Crippen LogP contribution in [0.25, 0.3) is 11.1 Å². The molecule has 1 fully saturated rings. The van der Waals surface area contributed by atoms with Gasteiger partial charge in [-0.1, -0.05) is 43.3 Å². The Morgan fingerprint density at radius 3 is 2.49 bits per heavy atom. The van der Waals surface area contributed by atoms with Crippen molar-refractivity contribution in [1.82, 2.24) is 20.4 Å². The number of amides is 2. The fourth-order valence-corrected chi connectivity index (χ4v) is 4.47. The molecule has 8 nitrogen and oxygen atoms in total. The second-order valence-corrected chi connectivity index (χ2v) is 9.02. The van der Waals surface area contributed by atoms with Crippen molar-refractivity contribution in [3.63, 3.8) is 0 Å². The molecule has 0 saturated carbocycles. The van der Waals surface area contributed by atoms with Crippen LogP contribution in [0.5, 0.6) is 5.75 Å². The Morgan fingerprint density at radius 2 is 1.76 bits per heavy atom. The molecule has 4 rings (SSSR count). The molecule has 0 aliphatic carbocycles. The number of benzene rings is 2. The van der Waals surface area contributed by atoms with E-state index >= 15 is 0 Å². The van der Waals surface area contributed by atoms with Gasteiger partial charge in [0.1, 0.15) is 5.75 Å². The van der Waals surface area contributed by atoms with Crippen molar-refractivity contribution in [1.29, 1.82) is 0 Å². The maximum atomic E-state index is 13.0. The number of rotatable bonds is 10. The van der Waals surface area contributed by atoms with Crippen molar-refractivity contribution < 1.29 is 14.3 Å². The van der Waals surface area contributed by atoms with Crippen LogP contribution in [-0.4, -0.2) is 66.2 Å². The monoisotopic (exact) mass is 501 g/mol. The zero-order chi connectivity index (χ0) is 26.0. The summed E-state index contributed by atoms with van der Waals surface area (Å²) in [6.07, 6.45) is 2.01. The minimum absolute atomic E-state index is 0.159. The summed E-state index contributed by atoms with van der Waals surface area (Å²) in [5.41, 5.74) is 3.70. The number of aromatic nitrogens is 2. The average molecular weight is 502 g/mol. The fourth-order valence-electron chi connectivity index (χ4n) is 4.47. The number of hydrogen-bond donors (Lipinski definition) is 1. The predicted molar refractivity (Wildman–Crippen MR) is 145 cm³/mol. The van der Waals surface area contributed by atoms with Crippen LogP contribution in [0.1, 0.15) is 42.7 Å². The lowest BCUT2D eigenvalue weighted by Crippen LogP contribution is -2.49. The average Bonchev–Trinajstić information content (AvgIpc) is 2.95. The van der Waals surface area contributed by atoms with Crippen LogP contribution in [-0.2, 0) is 11.2 Å². The molecule has 1 saturated heterocycles. The highest BCUT2D eigenvalue weighted by Gasteiger charge is 2.22. The topological polar surface area (TPSA) is 87.7 Å². The number of carbonyl (C=O) groups excluding carboxylic acids is 2. The van der Waals surface area contributed by atoms with Crippen molar-refractivity contribution in [2.24, 2.45) is 0 Å². The van der Waals surface area contributed by atoms with Gasteiger partial charge in [0.25, 0.3) is 5.91 Å². The molecule has 0 bridgehead atoms. The summed E-state index contributed by atoms with van der Waals surface area (Å²) >= 11 is 0. The third kappa shape index (κ3) is 6.84. The maximum Gasteiger partial charge on any atom is 0.271 e. The van der Waals surface area contributed by atoms with Gasteiger partial charge in [-0.25, -0.2) is 0 Å². The van der Waals surface area contributed by atoms with Crippen molar-refractivity contribution in [2.45, 2.75) is 33.1 Å². The van der Waals surface area contributed by atoms with Crippen molar-refractivity contribution in [3.8, 4) is 16.9 Å². The largest absolute Gasteiger partial charge is 0.494 e. The van der Waals surface area contributed by atoms with Gasteiger partial charge in [0.2, 0.25) is 5.91 Å². The van der Waals surface area contributed by atoms with Crippen LogP contribution in [0.2, 0.25) is 0 Å². The van der Waals surface area contributed by atoms with E-state index in [2.05, 4.69) is 44.7 Å². The van der Waals surface area contributed by atoms with Crippen LogP contribution in [0.4, 0.5) is 5.82 Å². The van der Waals surface area contributed by atoms with Gasteiger partial charge < -0.3 is 19.9 Å². The number of hydrogen-bond acceptors (Lipinski definition) is 6. The second-order valence-electron chi connectivity index (χ2n) is 9.02. The molecule has 2 aromatic carbocycles. The summed E-state index contributed by atoms with van der Waals surface area (Å²) in [6, 6.07) is 19.9. The quantitative estimate of drug-likeness (QED) is 0.452. The summed E-state index contributed by atoms with van der Waals surface area (Å²) in [4.78, 5) is 29.1. The van der Waals surface area contributed by atoms with E-state index < -0.39 is 0 Å². The zero-order valence-electron chi connectivity index (χ0n) is 21.7. The Bertz CT molecular complexity index is 1190. The summed E-state index contributed by atoms with van der Waals surface area (Å²) < 4.78 is 5.67. The molecule has 1 N–H and O–H groups in total. The van der Waals surface area contributed by atoms with Crippen LogP contribution < -0.4 is 15.0 Å². The number of nitrogens with zero attached hydrogens (tertiary/aromatic N) is 4. The Labute approximate surface area is 218 Å². The molecular weight excluding hydrogens is 466 g/mol. The number of nitrogens with one attached hydrogen (secondary N) is 1. The lowest BCUT2D eigenvalue weighted by molar-refractivity contribution is -0.131. The van der Waals surface area contributed by atoms with Gasteiger partial charge in [-0.2, -0.15) is 0 Å². The highest BCUT2D eigenvalue weighted by Crippen LogP contribution is 2.28. The van der Waals surface area contributed by atoms with E-state index in [1.165, 1.54) is 0 Å². The first-order chi connectivity index (χ1) is 18.1. The van der Waals surface area contributed by atoms with Gasteiger partial charge in [0, 0.05) is 39.1 Å². The van der Waals surface area contributed by atoms with Crippen molar-refractivity contribution in [3.05, 3.63) is 71.9 Å². The normalized spacial score (nSPS) is 13.4. The van der Waals surface area contributed by atoms with Crippen molar-refractivity contribution >= 4 is 17.6 Å².